The third-order valence-electron chi connectivity index (χ3n) is 3.04. The van der Waals surface area contributed by atoms with Crippen molar-refractivity contribution in [2.45, 2.75) is 32.2 Å². The van der Waals surface area contributed by atoms with Gasteiger partial charge in [-0.15, -0.1) is 11.3 Å². The summed E-state index contributed by atoms with van der Waals surface area (Å²) in [5, 5.41) is 11.7. The van der Waals surface area contributed by atoms with E-state index in [0.29, 0.717) is 12.0 Å². The van der Waals surface area contributed by atoms with Crippen LogP contribution in [0.15, 0.2) is 23.7 Å². The number of thiazole rings is 1. The molecule has 0 radical (unpaired) electrons. The van der Waals surface area contributed by atoms with Crippen LogP contribution in [0.25, 0.3) is 10.2 Å². The molecule has 0 aliphatic heterocycles. The number of amides is 1. The van der Waals surface area contributed by atoms with Crippen molar-refractivity contribution in [3.8, 4) is 0 Å². The van der Waals surface area contributed by atoms with Crippen LogP contribution in [0.3, 0.4) is 0 Å². The highest BCUT2D eigenvalue weighted by atomic mass is 32.1. The van der Waals surface area contributed by atoms with Crippen LogP contribution in [-0.4, -0.2) is 28.0 Å². The van der Waals surface area contributed by atoms with E-state index in [4.69, 9.17) is 5.11 Å². The van der Waals surface area contributed by atoms with Gasteiger partial charge in [-0.3, -0.25) is 4.79 Å². The molecule has 20 heavy (non-hydrogen) atoms. The molecule has 0 aliphatic rings. The summed E-state index contributed by atoms with van der Waals surface area (Å²) in [4.78, 5) is 27.4. The SMILES string of the molecule is CCCCC(NC(=O)c1ccc2ncsc2c1)C(=O)O. The van der Waals surface area contributed by atoms with Crippen LogP contribution < -0.4 is 5.32 Å². The van der Waals surface area contributed by atoms with E-state index >= 15 is 0 Å². The van der Waals surface area contributed by atoms with Gasteiger partial charge in [-0.2, -0.15) is 0 Å². The number of nitrogens with one attached hydrogen (secondary N) is 1. The molecule has 106 valence electrons. The molecule has 0 fully saturated rings. The number of carboxylic acids is 1. The highest BCUT2D eigenvalue weighted by Crippen LogP contribution is 2.19. The zero-order valence-electron chi connectivity index (χ0n) is 11.1. The van der Waals surface area contributed by atoms with E-state index < -0.39 is 12.0 Å². The van der Waals surface area contributed by atoms with Gasteiger partial charge in [0, 0.05) is 5.56 Å². The lowest BCUT2D eigenvalue weighted by atomic mass is 10.1. The van der Waals surface area contributed by atoms with Gasteiger partial charge in [0.25, 0.3) is 5.91 Å². The number of fused-ring (bicyclic) bond motifs is 1. The predicted molar refractivity (Wildman–Crippen MR) is 78.0 cm³/mol. The summed E-state index contributed by atoms with van der Waals surface area (Å²) >= 11 is 1.45. The molecule has 0 saturated heterocycles. The van der Waals surface area contributed by atoms with Gasteiger partial charge in [-0.1, -0.05) is 19.8 Å². The Balaban J connectivity index is 2.10. The molecule has 5 nitrogen and oxygen atoms in total. The predicted octanol–water partition coefficient (Wildman–Crippen LogP) is 2.67. The van der Waals surface area contributed by atoms with Crippen molar-refractivity contribution < 1.29 is 14.7 Å². The van der Waals surface area contributed by atoms with Gasteiger partial charge in [-0.25, -0.2) is 9.78 Å². The van der Waals surface area contributed by atoms with E-state index in [1.165, 1.54) is 11.3 Å². The molecule has 2 N–H and O–H groups in total. The first-order valence-corrected chi connectivity index (χ1v) is 7.36. The van der Waals surface area contributed by atoms with Gasteiger partial charge in [0.2, 0.25) is 0 Å². The Kier molecular flexibility index (Phi) is 4.68. The molecular weight excluding hydrogens is 276 g/mol. The monoisotopic (exact) mass is 292 g/mol. The molecule has 1 aromatic heterocycles. The quantitative estimate of drug-likeness (QED) is 0.858. The molecule has 0 aliphatic carbocycles. The van der Waals surface area contributed by atoms with E-state index in [-0.39, 0.29) is 5.91 Å². The van der Waals surface area contributed by atoms with Gasteiger partial charge in [0.1, 0.15) is 6.04 Å². The van der Waals surface area contributed by atoms with Gasteiger partial charge < -0.3 is 10.4 Å². The fourth-order valence-corrected chi connectivity index (χ4v) is 2.62. The molecule has 1 unspecified atom stereocenters. The van der Waals surface area contributed by atoms with Crippen LogP contribution >= 0.6 is 11.3 Å². The summed E-state index contributed by atoms with van der Waals surface area (Å²) in [6.45, 7) is 1.98. The number of rotatable bonds is 6. The fourth-order valence-electron chi connectivity index (χ4n) is 1.90. The molecule has 0 bridgehead atoms. The number of hydrogen-bond donors (Lipinski definition) is 2. The molecule has 0 saturated carbocycles. The summed E-state index contributed by atoms with van der Waals surface area (Å²) in [5.74, 6) is -1.35. The maximum atomic E-state index is 12.1. The van der Waals surface area contributed by atoms with Crippen LogP contribution in [0.5, 0.6) is 0 Å². The summed E-state index contributed by atoms with van der Waals surface area (Å²) in [6, 6.07) is 4.33. The Morgan fingerprint density at radius 2 is 2.25 bits per heavy atom. The van der Waals surface area contributed by atoms with Gasteiger partial charge in [0.05, 0.1) is 15.7 Å². The minimum Gasteiger partial charge on any atom is -0.480 e. The van der Waals surface area contributed by atoms with Gasteiger partial charge in [0.15, 0.2) is 0 Å². The average Bonchev–Trinajstić information content (AvgIpc) is 2.90. The molecule has 2 aromatic rings. The van der Waals surface area contributed by atoms with E-state index in [2.05, 4.69) is 10.3 Å². The zero-order chi connectivity index (χ0) is 14.5. The number of carboxylic acid groups (broad SMARTS) is 1. The lowest BCUT2D eigenvalue weighted by Crippen LogP contribution is -2.40. The summed E-state index contributed by atoms with van der Waals surface area (Å²) in [5.41, 5.74) is 3.02. The number of carbonyl (C=O) groups is 2. The third kappa shape index (κ3) is 3.33. The first kappa shape index (κ1) is 14.5. The van der Waals surface area contributed by atoms with Crippen LogP contribution in [0.4, 0.5) is 0 Å². The molecule has 0 spiro atoms. The van der Waals surface area contributed by atoms with Crippen molar-refractivity contribution in [2.75, 3.05) is 0 Å². The Morgan fingerprint density at radius 1 is 1.45 bits per heavy atom. The van der Waals surface area contributed by atoms with Gasteiger partial charge in [-0.05, 0) is 24.6 Å². The highest BCUT2D eigenvalue weighted by Gasteiger charge is 2.20. The van der Waals surface area contributed by atoms with E-state index in [9.17, 15) is 9.59 Å². The Labute approximate surface area is 120 Å². The molecule has 1 heterocycles. The van der Waals surface area contributed by atoms with Gasteiger partial charge >= 0.3 is 5.97 Å². The molecule has 1 aromatic carbocycles. The second-order valence-corrected chi connectivity index (χ2v) is 5.43. The van der Waals surface area contributed by atoms with E-state index in [0.717, 1.165) is 23.1 Å². The minimum atomic E-state index is -0.995. The molecule has 2 rings (SSSR count). The first-order chi connectivity index (χ1) is 9.61. The maximum Gasteiger partial charge on any atom is 0.326 e. The number of aromatic nitrogens is 1. The second-order valence-electron chi connectivity index (χ2n) is 4.54. The summed E-state index contributed by atoms with van der Waals surface area (Å²) in [7, 11) is 0. The van der Waals surface area contributed by atoms with Crippen molar-refractivity contribution >= 4 is 33.4 Å². The molecule has 6 heteroatoms. The Bertz CT molecular complexity index is 624. The lowest BCUT2D eigenvalue weighted by Gasteiger charge is -2.14. The van der Waals surface area contributed by atoms with Crippen molar-refractivity contribution in [3.63, 3.8) is 0 Å². The van der Waals surface area contributed by atoms with Crippen LogP contribution in [0.1, 0.15) is 36.5 Å². The summed E-state index contributed by atoms with van der Waals surface area (Å²) in [6.07, 6.45) is 2.11. The van der Waals surface area contributed by atoms with Crippen LogP contribution in [0.2, 0.25) is 0 Å². The average molecular weight is 292 g/mol. The van der Waals surface area contributed by atoms with Crippen LogP contribution in [-0.2, 0) is 4.79 Å². The van der Waals surface area contributed by atoms with Crippen molar-refractivity contribution in [2.24, 2.45) is 0 Å². The largest absolute Gasteiger partial charge is 0.480 e. The Morgan fingerprint density at radius 3 is 2.95 bits per heavy atom. The fraction of sp³-hybridized carbons (Fsp3) is 0.357. The number of carbonyl (C=O) groups excluding carboxylic acids is 1. The smallest absolute Gasteiger partial charge is 0.326 e. The Hall–Kier alpha value is -1.95. The molecule has 1 amide bonds. The third-order valence-corrected chi connectivity index (χ3v) is 3.83. The summed E-state index contributed by atoms with van der Waals surface area (Å²) < 4.78 is 0.915. The van der Waals surface area contributed by atoms with Crippen LogP contribution in [0, 0.1) is 0 Å². The lowest BCUT2D eigenvalue weighted by molar-refractivity contribution is -0.139. The van der Waals surface area contributed by atoms with E-state index in [1.807, 2.05) is 6.92 Å². The topological polar surface area (TPSA) is 79.3 Å². The van der Waals surface area contributed by atoms with Crippen molar-refractivity contribution in [3.05, 3.63) is 29.3 Å². The minimum absolute atomic E-state index is 0.358. The number of unbranched alkanes of at least 4 members (excludes halogenated alkanes) is 1. The normalized spacial score (nSPS) is 12.2. The molecule has 1 atom stereocenters. The number of nitrogens with zero attached hydrogens (tertiary/aromatic N) is 1. The van der Waals surface area contributed by atoms with E-state index in [1.54, 1.807) is 23.7 Å². The zero-order valence-corrected chi connectivity index (χ0v) is 11.9. The number of aliphatic carboxylic acids is 1. The van der Waals surface area contributed by atoms with Crippen molar-refractivity contribution in [1.82, 2.24) is 10.3 Å². The first-order valence-electron chi connectivity index (χ1n) is 6.48. The standard InChI is InChI=1S/C14H16N2O3S/c1-2-3-4-11(14(18)19)16-13(17)9-5-6-10-12(7-9)20-8-15-10/h5-8,11H,2-4H2,1H3,(H,16,17)(H,18,19). The maximum absolute atomic E-state index is 12.1. The number of benzene rings is 1. The molecular formula is C14H16N2O3S. The second kappa shape index (κ2) is 6.47. The highest BCUT2D eigenvalue weighted by molar-refractivity contribution is 7.16. The van der Waals surface area contributed by atoms with Crippen molar-refractivity contribution in [1.29, 1.82) is 0 Å². The number of hydrogen-bond acceptors (Lipinski definition) is 4.